The fourth-order valence-electron chi connectivity index (χ4n) is 2.03. The van der Waals surface area contributed by atoms with E-state index in [1.165, 1.54) is 12.1 Å². The Morgan fingerprint density at radius 2 is 2.33 bits per heavy atom. The van der Waals surface area contributed by atoms with E-state index in [-0.39, 0.29) is 5.82 Å². The first-order chi connectivity index (χ1) is 7.20. The first kappa shape index (κ1) is 9.97. The summed E-state index contributed by atoms with van der Waals surface area (Å²) in [4.78, 5) is 2.16. The van der Waals surface area contributed by atoms with E-state index >= 15 is 0 Å². The molecule has 0 saturated carbocycles. The standard InChI is InChI=1S/C12H13FN2/c1-9-4-5-15(8-9)12-3-2-11(13)6-10(12)7-14/h2-3,6,9H,4-5,8H2,1H3. The van der Waals surface area contributed by atoms with Crippen LogP contribution in [0.5, 0.6) is 0 Å². The summed E-state index contributed by atoms with van der Waals surface area (Å²) in [5, 5.41) is 8.93. The molecule has 0 aliphatic carbocycles. The van der Waals surface area contributed by atoms with Crippen molar-refractivity contribution in [1.82, 2.24) is 0 Å². The van der Waals surface area contributed by atoms with Crippen molar-refractivity contribution < 1.29 is 4.39 Å². The molecular formula is C12H13FN2. The molecule has 15 heavy (non-hydrogen) atoms. The van der Waals surface area contributed by atoms with E-state index in [0.717, 1.165) is 25.2 Å². The predicted molar refractivity (Wildman–Crippen MR) is 57.1 cm³/mol. The minimum atomic E-state index is -0.345. The molecule has 1 atom stereocenters. The molecule has 1 saturated heterocycles. The zero-order valence-corrected chi connectivity index (χ0v) is 8.70. The second kappa shape index (κ2) is 3.90. The van der Waals surface area contributed by atoms with Gasteiger partial charge in [-0.2, -0.15) is 5.26 Å². The van der Waals surface area contributed by atoms with E-state index in [1.54, 1.807) is 6.07 Å². The van der Waals surface area contributed by atoms with Gasteiger partial charge in [-0.25, -0.2) is 4.39 Å². The van der Waals surface area contributed by atoms with Crippen LogP contribution in [0.3, 0.4) is 0 Å². The maximum atomic E-state index is 12.9. The molecule has 1 aliphatic rings. The van der Waals surface area contributed by atoms with Gasteiger partial charge in [-0.1, -0.05) is 6.92 Å². The Labute approximate surface area is 88.9 Å². The molecule has 1 unspecified atom stereocenters. The van der Waals surface area contributed by atoms with Gasteiger partial charge in [0.15, 0.2) is 0 Å². The second-order valence-electron chi connectivity index (χ2n) is 4.11. The third-order valence-electron chi connectivity index (χ3n) is 2.84. The fourth-order valence-corrected chi connectivity index (χ4v) is 2.03. The lowest BCUT2D eigenvalue weighted by Crippen LogP contribution is -2.20. The summed E-state index contributed by atoms with van der Waals surface area (Å²) < 4.78 is 12.9. The largest absolute Gasteiger partial charge is 0.370 e. The summed E-state index contributed by atoms with van der Waals surface area (Å²) in [5.74, 6) is 0.309. The number of nitriles is 1. The molecule has 2 rings (SSSR count). The lowest BCUT2D eigenvalue weighted by Gasteiger charge is -2.19. The minimum Gasteiger partial charge on any atom is -0.370 e. The Bertz CT molecular complexity index is 409. The Hall–Kier alpha value is -1.56. The van der Waals surface area contributed by atoms with Gasteiger partial charge in [0, 0.05) is 13.1 Å². The summed E-state index contributed by atoms with van der Waals surface area (Å²) in [6.07, 6.45) is 1.14. The molecule has 2 nitrogen and oxygen atoms in total. The van der Waals surface area contributed by atoms with E-state index in [2.05, 4.69) is 11.8 Å². The predicted octanol–water partition coefficient (Wildman–Crippen LogP) is 2.54. The number of anilines is 1. The van der Waals surface area contributed by atoms with Crippen molar-refractivity contribution in [2.45, 2.75) is 13.3 Å². The molecule has 3 heteroatoms. The van der Waals surface area contributed by atoms with E-state index < -0.39 is 0 Å². The van der Waals surface area contributed by atoms with Gasteiger partial charge in [0.2, 0.25) is 0 Å². The van der Waals surface area contributed by atoms with Gasteiger partial charge in [0.05, 0.1) is 11.3 Å². The summed E-state index contributed by atoms with van der Waals surface area (Å²) in [6, 6.07) is 6.47. The van der Waals surface area contributed by atoms with Crippen LogP contribution in [0.4, 0.5) is 10.1 Å². The monoisotopic (exact) mass is 204 g/mol. The average Bonchev–Trinajstić information content (AvgIpc) is 2.64. The number of hydrogen-bond acceptors (Lipinski definition) is 2. The number of benzene rings is 1. The van der Waals surface area contributed by atoms with Gasteiger partial charge in [-0.15, -0.1) is 0 Å². The Morgan fingerprint density at radius 1 is 1.53 bits per heavy atom. The highest BCUT2D eigenvalue weighted by Crippen LogP contribution is 2.26. The van der Waals surface area contributed by atoms with Gasteiger partial charge in [0.1, 0.15) is 11.9 Å². The fraction of sp³-hybridized carbons (Fsp3) is 0.417. The number of nitrogens with zero attached hydrogens (tertiary/aromatic N) is 2. The molecule has 1 fully saturated rings. The molecule has 78 valence electrons. The lowest BCUT2D eigenvalue weighted by molar-refractivity contribution is 0.627. The molecular weight excluding hydrogens is 191 g/mol. The van der Waals surface area contributed by atoms with Crippen molar-refractivity contribution >= 4 is 5.69 Å². The Kier molecular flexibility index (Phi) is 2.59. The van der Waals surface area contributed by atoms with Crippen LogP contribution < -0.4 is 4.90 Å². The van der Waals surface area contributed by atoms with Crippen molar-refractivity contribution in [3.05, 3.63) is 29.6 Å². The topological polar surface area (TPSA) is 27.0 Å². The molecule has 1 heterocycles. The first-order valence-electron chi connectivity index (χ1n) is 5.15. The summed E-state index contributed by atoms with van der Waals surface area (Å²) in [6.45, 7) is 4.11. The maximum Gasteiger partial charge on any atom is 0.124 e. The molecule has 0 bridgehead atoms. The average molecular weight is 204 g/mol. The quantitative estimate of drug-likeness (QED) is 0.703. The first-order valence-corrected chi connectivity index (χ1v) is 5.15. The van der Waals surface area contributed by atoms with Gasteiger partial charge in [-0.3, -0.25) is 0 Å². The summed E-state index contributed by atoms with van der Waals surface area (Å²) in [7, 11) is 0. The third-order valence-corrected chi connectivity index (χ3v) is 2.84. The molecule has 0 N–H and O–H groups in total. The minimum absolute atomic E-state index is 0.345. The second-order valence-corrected chi connectivity index (χ2v) is 4.11. The number of rotatable bonds is 1. The van der Waals surface area contributed by atoms with E-state index in [9.17, 15) is 4.39 Å². The molecule has 1 aromatic carbocycles. The molecule has 1 aliphatic heterocycles. The molecule has 1 aromatic rings. The molecule has 0 radical (unpaired) electrons. The normalized spacial score (nSPS) is 20.3. The molecule has 0 aromatic heterocycles. The Balaban J connectivity index is 2.32. The maximum absolute atomic E-state index is 12.9. The van der Waals surface area contributed by atoms with Crippen LogP contribution >= 0.6 is 0 Å². The Morgan fingerprint density at radius 3 is 2.93 bits per heavy atom. The van der Waals surface area contributed by atoms with Crippen LogP contribution in [0.15, 0.2) is 18.2 Å². The van der Waals surface area contributed by atoms with Gasteiger partial charge in [0.25, 0.3) is 0 Å². The zero-order valence-electron chi connectivity index (χ0n) is 8.70. The molecule has 0 amide bonds. The van der Waals surface area contributed by atoms with Crippen LogP contribution in [0.2, 0.25) is 0 Å². The smallest absolute Gasteiger partial charge is 0.124 e. The van der Waals surface area contributed by atoms with Crippen molar-refractivity contribution in [1.29, 1.82) is 5.26 Å². The van der Waals surface area contributed by atoms with Crippen LogP contribution in [0.1, 0.15) is 18.9 Å². The summed E-state index contributed by atoms with van der Waals surface area (Å²) >= 11 is 0. The SMILES string of the molecule is CC1CCN(c2ccc(F)cc2C#N)C1. The van der Waals surface area contributed by atoms with E-state index in [1.807, 2.05) is 6.07 Å². The van der Waals surface area contributed by atoms with E-state index in [0.29, 0.717) is 11.5 Å². The summed E-state index contributed by atoms with van der Waals surface area (Å²) in [5.41, 5.74) is 1.30. The van der Waals surface area contributed by atoms with Crippen LogP contribution in [0.25, 0.3) is 0 Å². The molecule has 0 spiro atoms. The van der Waals surface area contributed by atoms with Crippen molar-refractivity contribution in [2.24, 2.45) is 5.92 Å². The van der Waals surface area contributed by atoms with Gasteiger partial charge in [-0.05, 0) is 30.5 Å². The van der Waals surface area contributed by atoms with E-state index in [4.69, 9.17) is 5.26 Å². The zero-order chi connectivity index (χ0) is 10.8. The van der Waals surface area contributed by atoms with Crippen LogP contribution in [-0.2, 0) is 0 Å². The van der Waals surface area contributed by atoms with Crippen molar-refractivity contribution in [3.8, 4) is 6.07 Å². The number of halogens is 1. The van der Waals surface area contributed by atoms with Crippen LogP contribution in [-0.4, -0.2) is 13.1 Å². The highest BCUT2D eigenvalue weighted by Gasteiger charge is 2.21. The van der Waals surface area contributed by atoms with Crippen molar-refractivity contribution in [3.63, 3.8) is 0 Å². The number of hydrogen-bond donors (Lipinski definition) is 0. The van der Waals surface area contributed by atoms with Crippen LogP contribution in [0, 0.1) is 23.1 Å². The highest BCUT2D eigenvalue weighted by atomic mass is 19.1. The highest BCUT2D eigenvalue weighted by molar-refractivity contribution is 5.59. The van der Waals surface area contributed by atoms with Crippen molar-refractivity contribution in [2.75, 3.05) is 18.0 Å². The lowest BCUT2D eigenvalue weighted by atomic mass is 10.1. The van der Waals surface area contributed by atoms with Gasteiger partial charge >= 0.3 is 0 Å². The van der Waals surface area contributed by atoms with Gasteiger partial charge < -0.3 is 4.90 Å². The third kappa shape index (κ3) is 1.94.